The highest BCUT2D eigenvalue weighted by Crippen LogP contribution is 2.29. The lowest BCUT2D eigenvalue weighted by molar-refractivity contribution is 0.832. The molecule has 0 bridgehead atoms. The zero-order chi connectivity index (χ0) is 18.1. The van der Waals surface area contributed by atoms with Crippen LogP contribution < -0.4 is 11.5 Å². The molecular weight excluding hydrogens is 326 g/mol. The van der Waals surface area contributed by atoms with Crippen molar-refractivity contribution in [1.82, 2.24) is 19.5 Å². The average Bonchev–Trinajstić information content (AvgIpc) is 3.04. The summed E-state index contributed by atoms with van der Waals surface area (Å²) in [4.78, 5) is 12.2. The van der Waals surface area contributed by atoms with Crippen molar-refractivity contribution in [2.24, 2.45) is 0 Å². The number of nitriles is 1. The van der Waals surface area contributed by atoms with Gasteiger partial charge in [0.2, 0.25) is 5.95 Å². The first kappa shape index (κ1) is 15.6. The van der Waals surface area contributed by atoms with E-state index < -0.39 is 0 Å². The van der Waals surface area contributed by atoms with Gasteiger partial charge in [-0.2, -0.15) is 10.2 Å². The quantitative estimate of drug-likeness (QED) is 0.591. The normalized spacial score (nSPS) is 10.7. The number of hydrogen-bond donors (Lipinski definition) is 2. The van der Waals surface area contributed by atoms with Gasteiger partial charge in [0, 0.05) is 36.2 Å². The van der Waals surface area contributed by atoms with Gasteiger partial charge in [-0.15, -0.1) is 0 Å². The monoisotopic (exact) mass is 341 g/mol. The summed E-state index contributed by atoms with van der Waals surface area (Å²) in [6.45, 7) is 0.694. The minimum absolute atomic E-state index is 0.0438. The first-order chi connectivity index (χ1) is 12.7. The van der Waals surface area contributed by atoms with E-state index in [0.717, 1.165) is 22.0 Å². The van der Waals surface area contributed by atoms with E-state index in [-0.39, 0.29) is 17.3 Å². The van der Waals surface area contributed by atoms with Crippen LogP contribution in [0.3, 0.4) is 0 Å². The lowest BCUT2D eigenvalue weighted by Gasteiger charge is -2.09. The summed E-state index contributed by atoms with van der Waals surface area (Å²) in [6.07, 6.45) is 5.62. The second-order valence-corrected chi connectivity index (χ2v) is 5.88. The number of fused-ring (bicyclic) bond motifs is 1. The Bertz CT molecular complexity index is 1140. The second kappa shape index (κ2) is 6.18. The van der Waals surface area contributed by atoms with Crippen molar-refractivity contribution in [1.29, 1.82) is 5.26 Å². The van der Waals surface area contributed by atoms with Gasteiger partial charge in [0.1, 0.15) is 17.5 Å². The third-order valence-corrected chi connectivity index (χ3v) is 4.19. The molecule has 0 saturated carbocycles. The van der Waals surface area contributed by atoms with Crippen molar-refractivity contribution >= 4 is 22.7 Å². The van der Waals surface area contributed by atoms with Crippen LogP contribution in [0.15, 0.2) is 55.0 Å². The Balaban J connectivity index is 1.84. The lowest BCUT2D eigenvalue weighted by Crippen LogP contribution is -2.05. The van der Waals surface area contributed by atoms with E-state index >= 15 is 0 Å². The summed E-state index contributed by atoms with van der Waals surface area (Å²) in [5.74, 6) is 0.128. The Labute approximate surface area is 149 Å². The van der Waals surface area contributed by atoms with Gasteiger partial charge in [-0.1, -0.05) is 18.2 Å². The molecule has 0 saturated heterocycles. The Hall–Kier alpha value is -3.92. The van der Waals surface area contributed by atoms with Crippen LogP contribution in [0.5, 0.6) is 0 Å². The molecule has 0 aliphatic carbocycles. The molecule has 0 amide bonds. The molecule has 7 heteroatoms. The molecule has 0 radical (unpaired) electrons. The van der Waals surface area contributed by atoms with Crippen molar-refractivity contribution in [3.05, 3.63) is 66.1 Å². The van der Waals surface area contributed by atoms with E-state index in [1.54, 1.807) is 6.20 Å². The van der Waals surface area contributed by atoms with Crippen LogP contribution in [0.25, 0.3) is 22.2 Å². The van der Waals surface area contributed by atoms with E-state index in [9.17, 15) is 5.26 Å². The molecule has 4 N–H and O–H groups in total. The molecule has 4 rings (SSSR count). The fourth-order valence-electron chi connectivity index (χ4n) is 2.97. The predicted molar refractivity (Wildman–Crippen MR) is 99.8 cm³/mol. The summed E-state index contributed by atoms with van der Waals surface area (Å²) in [5.41, 5.74) is 15.1. The molecular formula is C19H15N7. The summed E-state index contributed by atoms with van der Waals surface area (Å²) in [7, 11) is 0. The van der Waals surface area contributed by atoms with Gasteiger partial charge < -0.3 is 16.0 Å². The highest BCUT2D eigenvalue weighted by atomic mass is 15.0. The maximum atomic E-state index is 9.41. The van der Waals surface area contributed by atoms with Gasteiger partial charge in [-0.05, 0) is 29.1 Å². The van der Waals surface area contributed by atoms with Gasteiger partial charge in [-0.25, -0.2) is 4.98 Å². The molecule has 0 aliphatic rings. The largest absolute Gasteiger partial charge is 0.382 e. The molecule has 0 unspecified atom stereocenters. The lowest BCUT2D eigenvalue weighted by atomic mass is 10.1. The summed E-state index contributed by atoms with van der Waals surface area (Å²) in [5, 5.41) is 10.5. The van der Waals surface area contributed by atoms with Crippen molar-refractivity contribution in [3.63, 3.8) is 0 Å². The van der Waals surface area contributed by atoms with Gasteiger partial charge in [0.25, 0.3) is 0 Å². The first-order valence-electron chi connectivity index (χ1n) is 7.97. The molecule has 3 aromatic heterocycles. The van der Waals surface area contributed by atoms with Crippen LogP contribution in [0.1, 0.15) is 11.1 Å². The van der Waals surface area contributed by atoms with E-state index in [0.29, 0.717) is 12.2 Å². The first-order valence-corrected chi connectivity index (χ1v) is 7.97. The minimum Gasteiger partial charge on any atom is -0.382 e. The molecule has 26 heavy (non-hydrogen) atoms. The molecule has 0 atom stereocenters. The zero-order valence-electron chi connectivity index (χ0n) is 13.8. The van der Waals surface area contributed by atoms with Crippen LogP contribution in [-0.4, -0.2) is 19.5 Å². The van der Waals surface area contributed by atoms with Crippen molar-refractivity contribution < 1.29 is 0 Å². The molecule has 0 fully saturated rings. The number of nitrogens with zero attached hydrogens (tertiary/aromatic N) is 5. The number of anilines is 2. The van der Waals surface area contributed by atoms with Gasteiger partial charge in [0.15, 0.2) is 0 Å². The third kappa shape index (κ3) is 2.70. The van der Waals surface area contributed by atoms with Gasteiger partial charge in [-0.3, -0.25) is 4.98 Å². The molecule has 1 aromatic carbocycles. The Morgan fingerprint density at radius 2 is 2.00 bits per heavy atom. The number of nitrogens with two attached hydrogens (primary N) is 2. The Morgan fingerprint density at radius 3 is 2.77 bits per heavy atom. The fourth-order valence-corrected chi connectivity index (χ4v) is 2.97. The van der Waals surface area contributed by atoms with Crippen molar-refractivity contribution in [2.45, 2.75) is 6.54 Å². The number of nitrogen functional groups attached to an aromatic ring is 2. The Kier molecular flexibility index (Phi) is 3.71. The number of pyridine rings is 1. The zero-order valence-corrected chi connectivity index (χ0v) is 13.8. The number of hydrogen-bond acceptors (Lipinski definition) is 6. The van der Waals surface area contributed by atoms with E-state index in [1.165, 1.54) is 0 Å². The van der Waals surface area contributed by atoms with Gasteiger partial charge >= 0.3 is 0 Å². The highest BCUT2D eigenvalue weighted by molar-refractivity contribution is 5.86. The standard InChI is InChI=1S/C19H15N7/c20-9-15-17(24-19(22)25-18(15)21)14-4-3-13-5-7-26(16(13)8-14)11-12-2-1-6-23-10-12/h1-8,10H,11H2,(H4,21,22,24,25). The fraction of sp³-hybridized carbons (Fsp3) is 0.0526. The molecule has 7 nitrogen and oxygen atoms in total. The minimum atomic E-state index is 0.0438. The second-order valence-electron chi connectivity index (χ2n) is 5.88. The van der Waals surface area contributed by atoms with E-state index in [4.69, 9.17) is 11.5 Å². The highest BCUT2D eigenvalue weighted by Gasteiger charge is 2.14. The van der Waals surface area contributed by atoms with Crippen LogP contribution in [0.4, 0.5) is 11.8 Å². The molecule has 126 valence electrons. The van der Waals surface area contributed by atoms with Crippen LogP contribution in [0.2, 0.25) is 0 Å². The average molecular weight is 341 g/mol. The molecule has 0 aliphatic heterocycles. The SMILES string of the molecule is N#Cc1c(N)nc(N)nc1-c1ccc2ccn(Cc3cccnc3)c2c1. The van der Waals surface area contributed by atoms with E-state index in [1.807, 2.05) is 48.8 Å². The summed E-state index contributed by atoms with van der Waals surface area (Å²) >= 11 is 0. The number of benzene rings is 1. The maximum absolute atomic E-state index is 9.41. The van der Waals surface area contributed by atoms with Crippen molar-refractivity contribution in [3.8, 4) is 17.3 Å². The summed E-state index contributed by atoms with van der Waals surface area (Å²) in [6, 6.07) is 13.9. The maximum Gasteiger partial charge on any atom is 0.222 e. The smallest absolute Gasteiger partial charge is 0.222 e. The number of rotatable bonds is 3. The number of aromatic nitrogens is 4. The van der Waals surface area contributed by atoms with E-state index in [2.05, 4.69) is 25.6 Å². The molecule has 4 aromatic rings. The predicted octanol–water partition coefficient (Wildman–Crippen LogP) is 2.58. The third-order valence-electron chi connectivity index (χ3n) is 4.19. The Morgan fingerprint density at radius 1 is 1.12 bits per heavy atom. The van der Waals surface area contributed by atoms with Crippen LogP contribution in [0, 0.1) is 11.3 Å². The van der Waals surface area contributed by atoms with Crippen molar-refractivity contribution in [2.75, 3.05) is 11.5 Å². The van der Waals surface area contributed by atoms with Crippen LogP contribution in [-0.2, 0) is 6.54 Å². The molecule has 0 spiro atoms. The molecule has 3 heterocycles. The summed E-state index contributed by atoms with van der Waals surface area (Å²) < 4.78 is 2.12. The van der Waals surface area contributed by atoms with Crippen LogP contribution >= 0.6 is 0 Å². The van der Waals surface area contributed by atoms with Gasteiger partial charge in [0.05, 0.1) is 5.69 Å². The topological polar surface area (TPSA) is 119 Å².